The zero-order valence-electron chi connectivity index (χ0n) is 11.2. The van der Waals surface area contributed by atoms with Gasteiger partial charge in [0.2, 0.25) is 0 Å². The highest BCUT2D eigenvalue weighted by atomic mass is 32.1. The number of nitrogens with one attached hydrogen (secondary N) is 1. The van der Waals surface area contributed by atoms with Crippen LogP contribution in [0, 0.1) is 0 Å². The Bertz CT molecular complexity index is 547. The summed E-state index contributed by atoms with van der Waals surface area (Å²) in [5.74, 6) is 1.43. The van der Waals surface area contributed by atoms with Gasteiger partial charge in [0, 0.05) is 13.0 Å². The third kappa shape index (κ3) is 4.08. The topological polar surface area (TPSA) is 47.0 Å². The molecule has 0 saturated carbocycles. The number of alkyl halides is 2. The fraction of sp³-hybridized carbons (Fsp3) is 0.538. The van der Waals surface area contributed by atoms with E-state index >= 15 is 0 Å². The van der Waals surface area contributed by atoms with Crippen molar-refractivity contribution >= 4 is 27.4 Å². The summed E-state index contributed by atoms with van der Waals surface area (Å²) in [7, 11) is 0. The van der Waals surface area contributed by atoms with Crippen LogP contribution in [0.3, 0.4) is 0 Å². The molecule has 0 aliphatic carbocycles. The second-order valence-corrected chi connectivity index (χ2v) is 5.17. The quantitative estimate of drug-likeness (QED) is 0.760. The van der Waals surface area contributed by atoms with Gasteiger partial charge in [0.1, 0.15) is 23.1 Å². The Balaban J connectivity index is 2.05. The van der Waals surface area contributed by atoms with Gasteiger partial charge < -0.3 is 10.1 Å². The highest BCUT2D eigenvalue weighted by Crippen LogP contribution is 2.25. The number of fused-ring (bicyclic) bond motifs is 1. The fourth-order valence-electron chi connectivity index (χ4n) is 1.73. The summed E-state index contributed by atoms with van der Waals surface area (Å²) < 4.78 is 28.8. The first kappa shape index (κ1) is 15.1. The van der Waals surface area contributed by atoms with Crippen LogP contribution >= 0.6 is 11.3 Å². The van der Waals surface area contributed by atoms with Crippen LogP contribution in [0.15, 0.2) is 11.4 Å². The van der Waals surface area contributed by atoms with E-state index in [1.165, 1.54) is 0 Å². The molecule has 2 aromatic rings. The largest absolute Gasteiger partial charge is 0.375 e. The Labute approximate surface area is 120 Å². The number of thiophene rings is 1. The fourth-order valence-corrected chi connectivity index (χ4v) is 2.51. The van der Waals surface area contributed by atoms with Crippen LogP contribution in [0.4, 0.5) is 14.6 Å². The average molecular weight is 301 g/mol. The van der Waals surface area contributed by atoms with Gasteiger partial charge >= 0.3 is 0 Å². The summed E-state index contributed by atoms with van der Waals surface area (Å²) in [5.41, 5.74) is 0. The van der Waals surface area contributed by atoms with Gasteiger partial charge in [-0.1, -0.05) is 6.92 Å². The zero-order chi connectivity index (χ0) is 14.4. The van der Waals surface area contributed by atoms with E-state index < -0.39 is 13.0 Å². The van der Waals surface area contributed by atoms with E-state index in [1.807, 2.05) is 11.4 Å². The normalized spacial score (nSPS) is 11.4. The summed E-state index contributed by atoms with van der Waals surface area (Å²) >= 11 is 1.54. The summed E-state index contributed by atoms with van der Waals surface area (Å²) in [4.78, 5) is 9.77. The van der Waals surface area contributed by atoms with Crippen molar-refractivity contribution < 1.29 is 13.5 Å². The minimum Gasteiger partial charge on any atom is -0.375 e. The van der Waals surface area contributed by atoms with Crippen molar-refractivity contribution in [1.29, 1.82) is 0 Å². The molecule has 0 amide bonds. The first-order valence-corrected chi connectivity index (χ1v) is 7.42. The van der Waals surface area contributed by atoms with E-state index in [9.17, 15) is 8.78 Å². The van der Waals surface area contributed by atoms with E-state index in [0.717, 1.165) is 29.0 Å². The van der Waals surface area contributed by atoms with Gasteiger partial charge in [0.05, 0.1) is 12.0 Å². The molecule has 2 heterocycles. The molecule has 0 fully saturated rings. The van der Waals surface area contributed by atoms with Crippen molar-refractivity contribution in [2.75, 3.05) is 25.1 Å². The van der Waals surface area contributed by atoms with Gasteiger partial charge in [-0.25, -0.2) is 18.7 Å². The molecule has 0 spiro atoms. The molecule has 110 valence electrons. The van der Waals surface area contributed by atoms with Gasteiger partial charge in [-0.05, 0) is 17.9 Å². The molecule has 1 N–H and O–H groups in total. The molecule has 0 radical (unpaired) electrons. The average Bonchev–Trinajstić information content (AvgIpc) is 2.89. The first-order valence-electron chi connectivity index (χ1n) is 6.54. The standard InChI is InChI=1S/C13H17F2N3OS/c1-2-5-16-12-9-4-7-20-13(9)18-11(17-12)3-6-19-8-10(14)15/h4,7,10H,2-3,5-6,8H2,1H3,(H,16,17,18). The molecule has 0 aromatic carbocycles. The molecule has 2 aromatic heterocycles. The lowest BCUT2D eigenvalue weighted by molar-refractivity contribution is 0.0183. The van der Waals surface area contributed by atoms with Crippen LogP contribution in [0.2, 0.25) is 0 Å². The van der Waals surface area contributed by atoms with Crippen LogP contribution in [-0.2, 0) is 11.2 Å². The molecular weight excluding hydrogens is 284 g/mol. The number of nitrogens with zero attached hydrogens (tertiary/aromatic N) is 2. The molecule has 0 unspecified atom stereocenters. The lowest BCUT2D eigenvalue weighted by Crippen LogP contribution is -2.10. The second-order valence-electron chi connectivity index (χ2n) is 4.27. The number of anilines is 1. The van der Waals surface area contributed by atoms with E-state index in [-0.39, 0.29) is 6.61 Å². The minimum absolute atomic E-state index is 0.203. The number of aromatic nitrogens is 2. The maximum atomic E-state index is 12.0. The van der Waals surface area contributed by atoms with Crippen LogP contribution < -0.4 is 5.32 Å². The highest BCUT2D eigenvalue weighted by Gasteiger charge is 2.09. The molecule has 7 heteroatoms. The SMILES string of the molecule is CCCNc1nc(CCOCC(F)F)nc2sccc12. The lowest BCUT2D eigenvalue weighted by Gasteiger charge is -2.08. The molecule has 0 aliphatic heterocycles. The van der Waals surface area contributed by atoms with Crippen molar-refractivity contribution in [3.05, 3.63) is 17.3 Å². The maximum Gasteiger partial charge on any atom is 0.261 e. The van der Waals surface area contributed by atoms with Crippen LogP contribution in [0.1, 0.15) is 19.2 Å². The number of hydrogen-bond acceptors (Lipinski definition) is 5. The van der Waals surface area contributed by atoms with Gasteiger partial charge in [0.15, 0.2) is 0 Å². The molecule has 4 nitrogen and oxygen atoms in total. The smallest absolute Gasteiger partial charge is 0.261 e. The third-order valence-corrected chi connectivity index (χ3v) is 3.43. The van der Waals surface area contributed by atoms with Crippen molar-refractivity contribution in [3.63, 3.8) is 0 Å². The molecule has 0 bridgehead atoms. The van der Waals surface area contributed by atoms with Gasteiger partial charge in [-0.2, -0.15) is 0 Å². The van der Waals surface area contributed by atoms with Crippen molar-refractivity contribution in [2.45, 2.75) is 26.2 Å². The third-order valence-electron chi connectivity index (χ3n) is 2.63. The van der Waals surface area contributed by atoms with Crippen molar-refractivity contribution in [3.8, 4) is 0 Å². The van der Waals surface area contributed by atoms with Crippen LogP contribution in [-0.4, -0.2) is 36.2 Å². The molecular formula is C13H17F2N3OS. The van der Waals surface area contributed by atoms with Gasteiger partial charge in [-0.3, -0.25) is 0 Å². The first-order chi connectivity index (χ1) is 9.70. The predicted molar refractivity (Wildman–Crippen MR) is 76.7 cm³/mol. The summed E-state index contributed by atoms with van der Waals surface area (Å²) in [6, 6.07) is 1.98. The Morgan fingerprint density at radius 1 is 1.40 bits per heavy atom. The Hall–Kier alpha value is -1.34. The van der Waals surface area contributed by atoms with Gasteiger partial charge in [0.25, 0.3) is 6.43 Å². The molecule has 0 atom stereocenters. The van der Waals surface area contributed by atoms with Crippen LogP contribution in [0.25, 0.3) is 10.2 Å². The van der Waals surface area contributed by atoms with Crippen LogP contribution in [0.5, 0.6) is 0 Å². The zero-order valence-corrected chi connectivity index (χ0v) is 12.1. The van der Waals surface area contributed by atoms with Crippen molar-refractivity contribution in [1.82, 2.24) is 9.97 Å². The van der Waals surface area contributed by atoms with E-state index in [0.29, 0.717) is 12.2 Å². The van der Waals surface area contributed by atoms with E-state index in [4.69, 9.17) is 4.74 Å². The Kier molecular flexibility index (Phi) is 5.60. The summed E-state index contributed by atoms with van der Waals surface area (Å²) in [6.07, 6.45) is -0.999. The molecule has 0 saturated heterocycles. The van der Waals surface area contributed by atoms with Crippen molar-refractivity contribution in [2.24, 2.45) is 0 Å². The number of hydrogen-bond donors (Lipinski definition) is 1. The summed E-state index contributed by atoms with van der Waals surface area (Å²) in [5, 5.41) is 6.23. The number of ether oxygens (including phenoxy) is 1. The maximum absolute atomic E-state index is 12.0. The predicted octanol–water partition coefficient (Wildman–Crippen LogP) is 3.34. The molecule has 20 heavy (non-hydrogen) atoms. The minimum atomic E-state index is -2.43. The highest BCUT2D eigenvalue weighted by molar-refractivity contribution is 7.16. The lowest BCUT2D eigenvalue weighted by atomic mass is 10.3. The monoisotopic (exact) mass is 301 g/mol. The van der Waals surface area contributed by atoms with E-state index in [1.54, 1.807) is 11.3 Å². The molecule has 0 aliphatic rings. The van der Waals surface area contributed by atoms with E-state index in [2.05, 4.69) is 22.2 Å². The van der Waals surface area contributed by atoms with Gasteiger partial charge in [-0.15, -0.1) is 11.3 Å². The number of rotatable bonds is 8. The molecule has 2 rings (SSSR count). The number of halogens is 2. The summed E-state index contributed by atoms with van der Waals surface area (Å²) in [6.45, 7) is 2.58. The second kappa shape index (κ2) is 7.44. The Morgan fingerprint density at radius 3 is 3.00 bits per heavy atom. The Morgan fingerprint density at radius 2 is 2.25 bits per heavy atom.